The SMILES string of the molecule is CCCCOc1cc(Br)c(C2N=C(NC#N)Nc3nc(N)c(C#N)c(N)c32)cc1OC. The monoisotopic (exact) mass is 484 g/mol. The van der Waals surface area contributed by atoms with Crippen molar-refractivity contribution in [3.63, 3.8) is 0 Å². The van der Waals surface area contributed by atoms with Crippen molar-refractivity contribution in [2.75, 3.05) is 30.5 Å². The third kappa shape index (κ3) is 4.27. The van der Waals surface area contributed by atoms with Gasteiger partial charge in [-0.3, -0.25) is 5.32 Å². The van der Waals surface area contributed by atoms with E-state index in [0.717, 1.165) is 12.8 Å². The van der Waals surface area contributed by atoms with Crippen molar-refractivity contribution in [2.24, 2.45) is 4.99 Å². The molecule has 0 saturated carbocycles. The molecule has 0 amide bonds. The van der Waals surface area contributed by atoms with Crippen LogP contribution in [0.3, 0.4) is 0 Å². The van der Waals surface area contributed by atoms with Gasteiger partial charge in [-0.2, -0.15) is 10.5 Å². The molecule has 1 aliphatic rings. The fourth-order valence-electron chi connectivity index (χ4n) is 3.17. The van der Waals surface area contributed by atoms with Crippen molar-refractivity contribution in [3.8, 4) is 23.8 Å². The van der Waals surface area contributed by atoms with Gasteiger partial charge < -0.3 is 26.3 Å². The van der Waals surface area contributed by atoms with E-state index in [2.05, 4.69) is 43.5 Å². The largest absolute Gasteiger partial charge is 0.493 e. The molecule has 1 aliphatic heterocycles. The van der Waals surface area contributed by atoms with Gasteiger partial charge in [-0.25, -0.2) is 9.98 Å². The van der Waals surface area contributed by atoms with Crippen LogP contribution in [0.4, 0.5) is 17.3 Å². The minimum atomic E-state index is -0.694. The first-order valence-corrected chi connectivity index (χ1v) is 10.2. The van der Waals surface area contributed by atoms with Crippen LogP contribution in [0, 0.1) is 22.8 Å². The number of aromatic nitrogens is 1. The molecule has 0 spiro atoms. The van der Waals surface area contributed by atoms with Crippen molar-refractivity contribution in [1.29, 1.82) is 10.5 Å². The number of ether oxygens (including phenoxy) is 2. The second kappa shape index (κ2) is 9.41. The maximum absolute atomic E-state index is 9.46. The van der Waals surface area contributed by atoms with Crippen molar-refractivity contribution in [1.82, 2.24) is 10.3 Å². The highest BCUT2D eigenvalue weighted by molar-refractivity contribution is 9.10. The summed E-state index contributed by atoms with van der Waals surface area (Å²) in [7, 11) is 1.55. The Labute approximate surface area is 188 Å². The standard InChI is InChI=1S/C20H21BrN8O2/c1-3-4-5-31-14-7-12(21)10(6-13(14)30-2)17-15-16(24)11(8-22)18(25)28-19(15)29-20(27-17)26-9-23/h6-7,17H,3-5H2,1-2H3,(H6,24,25,26,27,28,29). The van der Waals surface area contributed by atoms with Crippen LogP contribution in [0.25, 0.3) is 0 Å². The average Bonchev–Trinajstić information content (AvgIpc) is 2.74. The Morgan fingerprint density at radius 2 is 2.06 bits per heavy atom. The molecule has 2 heterocycles. The van der Waals surface area contributed by atoms with Crippen molar-refractivity contribution in [3.05, 3.63) is 33.3 Å². The number of fused-ring (bicyclic) bond motifs is 1. The summed E-state index contributed by atoms with van der Waals surface area (Å²) in [5.74, 6) is 1.56. The number of nitrogen functional groups attached to an aromatic ring is 2. The van der Waals surface area contributed by atoms with Crippen LogP contribution >= 0.6 is 15.9 Å². The number of hydrogen-bond donors (Lipinski definition) is 4. The number of anilines is 3. The summed E-state index contributed by atoms with van der Waals surface area (Å²) in [5.41, 5.74) is 13.6. The second-order valence-electron chi connectivity index (χ2n) is 6.63. The summed E-state index contributed by atoms with van der Waals surface area (Å²) in [6, 6.07) is 4.86. The number of nitrogens with zero attached hydrogens (tertiary/aromatic N) is 4. The second-order valence-corrected chi connectivity index (χ2v) is 7.48. The van der Waals surface area contributed by atoms with E-state index in [1.165, 1.54) is 0 Å². The number of halogens is 1. The number of unbranched alkanes of at least 4 members (excludes halogenated alkanes) is 1. The lowest BCUT2D eigenvalue weighted by Gasteiger charge is -2.27. The van der Waals surface area contributed by atoms with Gasteiger partial charge in [0, 0.05) is 10.0 Å². The van der Waals surface area contributed by atoms with Crippen LogP contribution in [0.1, 0.15) is 42.5 Å². The topological polar surface area (TPSA) is 167 Å². The van der Waals surface area contributed by atoms with Gasteiger partial charge in [0.1, 0.15) is 29.3 Å². The van der Waals surface area contributed by atoms with Crippen LogP contribution < -0.4 is 31.6 Å². The summed E-state index contributed by atoms with van der Waals surface area (Å²) in [5, 5.41) is 23.9. The molecule has 2 aromatic rings. The Hall–Kier alpha value is -3.70. The van der Waals surface area contributed by atoms with Crippen LogP contribution in [0.5, 0.6) is 11.5 Å². The average molecular weight is 485 g/mol. The van der Waals surface area contributed by atoms with Gasteiger partial charge in [-0.1, -0.05) is 29.3 Å². The van der Waals surface area contributed by atoms with E-state index in [1.54, 1.807) is 19.2 Å². The summed E-state index contributed by atoms with van der Waals surface area (Å²) in [6.07, 6.45) is 3.75. The Balaban J connectivity index is 2.17. The van der Waals surface area contributed by atoms with Crippen LogP contribution in [0.2, 0.25) is 0 Å². The lowest BCUT2D eigenvalue weighted by molar-refractivity contribution is 0.288. The summed E-state index contributed by atoms with van der Waals surface area (Å²) < 4.78 is 12.1. The zero-order valence-corrected chi connectivity index (χ0v) is 18.6. The predicted molar refractivity (Wildman–Crippen MR) is 121 cm³/mol. The molecular weight excluding hydrogens is 464 g/mol. The highest BCUT2D eigenvalue weighted by Crippen LogP contribution is 2.45. The van der Waals surface area contributed by atoms with Crippen LogP contribution in [0.15, 0.2) is 21.6 Å². The van der Waals surface area contributed by atoms with Crippen molar-refractivity contribution < 1.29 is 9.47 Å². The van der Waals surface area contributed by atoms with Gasteiger partial charge in [-0.05, 0) is 24.1 Å². The van der Waals surface area contributed by atoms with Gasteiger partial charge in [0.15, 0.2) is 17.7 Å². The molecule has 1 aromatic heterocycles. The minimum Gasteiger partial charge on any atom is -0.493 e. The quantitative estimate of drug-likeness (QED) is 0.273. The molecule has 1 atom stereocenters. The fraction of sp³-hybridized carbons (Fsp3) is 0.300. The molecule has 10 nitrogen and oxygen atoms in total. The first kappa shape index (κ1) is 22.0. The number of methoxy groups -OCH3 is 1. The van der Waals surface area contributed by atoms with Crippen LogP contribution in [-0.2, 0) is 0 Å². The Morgan fingerprint density at radius 3 is 2.71 bits per heavy atom. The van der Waals surface area contributed by atoms with E-state index in [-0.39, 0.29) is 23.0 Å². The number of hydrogen-bond acceptors (Lipinski definition) is 10. The normalized spacial score (nSPS) is 14.4. The molecule has 0 aliphatic carbocycles. The number of rotatable bonds is 6. The van der Waals surface area contributed by atoms with E-state index in [9.17, 15) is 5.26 Å². The number of nitrogens with two attached hydrogens (primary N) is 2. The number of benzene rings is 1. The zero-order valence-electron chi connectivity index (χ0n) is 17.0. The summed E-state index contributed by atoms with van der Waals surface area (Å²) >= 11 is 3.58. The predicted octanol–water partition coefficient (Wildman–Crippen LogP) is 3.01. The molecule has 160 valence electrons. The lowest BCUT2D eigenvalue weighted by atomic mass is 9.95. The Kier molecular flexibility index (Phi) is 6.68. The highest BCUT2D eigenvalue weighted by Gasteiger charge is 2.31. The third-order valence-electron chi connectivity index (χ3n) is 4.69. The van der Waals surface area contributed by atoms with E-state index < -0.39 is 6.04 Å². The number of pyridine rings is 1. The molecule has 0 radical (unpaired) electrons. The van der Waals surface area contributed by atoms with E-state index in [4.69, 9.17) is 26.2 Å². The van der Waals surface area contributed by atoms with Gasteiger partial charge >= 0.3 is 0 Å². The van der Waals surface area contributed by atoms with E-state index >= 15 is 0 Å². The number of aliphatic imine (C=N–C) groups is 1. The smallest absolute Gasteiger partial charge is 0.211 e. The maximum atomic E-state index is 9.46. The fourth-order valence-corrected chi connectivity index (χ4v) is 3.70. The molecular formula is C20H21BrN8O2. The molecule has 11 heteroatoms. The van der Waals surface area contributed by atoms with Crippen molar-refractivity contribution in [2.45, 2.75) is 25.8 Å². The molecule has 0 bridgehead atoms. The highest BCUT2D eigenvalue weighted by atomic mass is 79.9. The van der Waals surface area contributed by atoms with Crippen molar-refractivity contribution >= 4 is 39.2 Å². The Morgan fingerprint density at radius 1 is 1.29 bits per heavy atom. The summed E-state index contributed by atoms with van der Waals surface area (Å²) in [6.45, 7) is 2.64. The first-order valence-electron chi connectivity index (χ1n) is 9.44. The molecule has 0 fully saturated rings. The van der Waals surface area contributed by atoms with Gasteiger partial charge in [0.2, 0.25) is 5.96 Å². The third-order valence-corrected chi connectivity index (χ3v) is 5.38. The number of guanidine groups is 1. The molecule has 1 aromatic carbocycles. The van der Waals surface area contributed by atoms with Gasteiger partial charge in [-0.15, -0.1) is 0 Å². The summed E-state index contributed by atoms with van der Waals surface area (Å²) in [4.78, 5) is 8.82. The zero-order chi connectivity index (χ0) is 22.5. The van der Waals surface area contributed by atoms with E-state index in [1.807, 2.05) is 12.3 Å². The first-order chi connectivity index (χ1) is 14.9. The molecule has 0 saturated heterocycles. The van der Waals surface area contributed by atoms with Crippen LogP contribution in [-0.4, -0.2) is 24.7 Å². The molecule has 3 rings (SSSR count). The van der Waals surface area contributed by atoms with E-state index in [0.29, 0.717) is 39.5 Å². The number of nitrogens with one attached hydrogen (secondary N) is 2. The maximum Gasteiger partial charge on any atom is 0.211 e. The van der Waals surface area contributed by atoms with Gasteiger partial charge in [0.25, 0.3) is 0 Å². The molecule has 6 N–H and O–H groups in total. The Bertz CT molecular complexity index is 1120. The molecule has 31 heavy (non-hydrogen) atoms. The minimum absolute atomic E-state index is 0.0143. The number of nitriles is 2. The van der Waals surface area contributed by atoms with Gasteiger partial charge in [0.05, 0.1) is 19.4 Å². The lowest BCUT2D eigenvalue weighted by Crippen LogP contribution is -2.32. The molecule has 1 unspecified atom stereocenters.